The third-order valence-corrected chi connectivity index (χ3v) is 5.24. The number of hydrogen-bond acceptors (Lipinski definition) is 4. The summed E-state index contributed by atoms with van der Waals surface area (Å²) in [6, 6.07) is 17.7. The molecule has 0 aliphatic heterocycles. The number of aryl methyl sites for hydroxylation is 2. The van der Waals surface area contributed by atoms with Gasteiger partial charge in [0.1, 0.15) is 29.7 Å². The highest BCUT2D eigenvalue weighted by atomic mass is 16.5. The Morgan fingerprint density at radius 1 is 1.14 bits per heavy atom. The Balaban J connectivity index is 1.54. The highest BCUT2D eigenvalue weighted by Crippen LogP contribution is 2.34. The van der Waals surface area contributed by atoms with Gasteiger partial charge in [0.25, 0.3) is 0 Å². The first kappa shape index (κ1) is 18.2. The number of rotatable bonds is 5. The van der Waals surface area contributed by atoms with Crippen LogP contribution in [0.3, 0.4) is 0 Å². The van der Waals surface area contributed by atoms with Gasteiger partial charge in [0.05, 0.1) is 11.5 Å². The molecular weight excluding hydrogens is 352 g/mol. The molecule has 0 bridgehead atoms. The Morgan fingerprint density at radius 3 is 2.64 bits per heavy atom. The first-order valence-corrected chi connectivity index (χ1v) is 9.48. The fourth-order valence-electron chi connectivity index (χ4n) is 3.65. The van der Waals surface area contributed by atoms with E-state index in [-0.39, 0.29) is 11.6 Å². The van der Waals surface area contributed by atoms with Gasteiger partial charge in [-0.2, -0.15) is 0 Å². The van der Waals surface area contributed by atoms with Crippen molar-refractivity contribution in [1.82, 2.24) is 0 Å². The summed E-state index contributed by atoms with van der Waals surface area (Å²) in [5, 5.41) is 0. The molecule has 1 heterocycles. The summed E-state index contributed by atoms with van der Waals surface area (Å²) in [7, 11) is 0. The van der Waals surface area contributed by atoms with Crippen molar-refractivity contribution in [3.8, 4) is 17.1 Å². The van der Waals surface area contributed by atoms with Crippen LogP contribution in [0.15, 0.2) is 59.0 Å². The van der Waals surface area contributed by atoms with Crippen molar-refractivity contribution in [3.05, 3.63) is 77.0 Å². The van der Waals surface area contributed by atoms with Gasteiger partial charge in [-0.1, -0.05) is 30.3 Å². The third kappa shape index (κ3) is 3.50. The van der Waals surface area contributed by atoms with E-state index in [1.54, 1.807) is 6.07 Å². The molecule has 0 amide bonds. The van der Waals surface area contributed by atoms with E-state index in [2.05, 4.69) is 0 Å². The molecule has 0 fully saturated rings. The van der Waals surface area contributed by atoms with Gasteiger partial charge >= 0.3 is 0 Å². The zero-order valence-corrected chi connectivity index (χ0v) is 16.0. The van der Waals surface area contributed by atoms with Gasteiger partial charge in [-0.15, -0.1) is 0 Å². The van der Waals surface area contributed by atoms with Crippen LogP contribution in [-0.4, -0.2) is 11.6 Å². The summed E-state index contributed by atoms with van der Waals surface area (Å²) in [5.41, 5.74) is 3.55. The number of carbonyl (C=O) groups excluding carboxylic acids is 2. The maximum absolute atomic E-state index is 12.5. The number of ketones is 2. The number of ether oxygens (including phenoxy) is 1. The quantitative estimate of drug-likeness (QED) is 0.578. The molecule has 0 spiro atoms. The molecule has 4 rings (SSSR count). The van der Waals surface area contributed by atoms with Gasteiger partial charge in [0.15, 0.2) is 5.78 Å². The van der Waals surface area contributed by atoms with Crippen molar-refractivity contribution in [2.24, 2.45) is 5.92 Å². The van der Waals surface area contributed by atoms with E-state index in [4.69, 9.17) is 9.15 Å². The van der Waals surface area contributed by atoms with E-state index in [0.29, 0.717) is 36.5 Å². The number of benzene rings is 2. The predicted molar refractivity (Wildman–Crippen MR) is 106 cm³/mol. The number of hydrogen-bond donors (Lipinski definition) is 0. The maximum Gasteiger partial charge on any atom is 0.176 e. The summed E-state index contributed by atoms with van der Waals surface area (Å²) < 4.78 is 11.9. The van der Waals surface area contributed by atoms with Crippen LogP contribution in [0.5, 0.6) is 5.75 Å². The Labute approximate surface area is 164 Å². The second-order valence-corrected chi connectivity index (χ2v) is 7.27. The number of Topliss-reactive ketones (excluding diaryl/α,β-unsaturated/α-hetero) is 2. The van der Waals surface area contributed by atoms with Crippen LogP contribution in [0, 0.1) is 12.8 Å². The molecule has 0 saturated carbocycles. The summed E-state index contributed by atoms with van der Waals surface area (Å²) >= 11 is 0. The lowest BCUT2D eigenvalue weighted by Gasteiger charge is -2.16. The number of fused-ring (bicyclic) bond motifs is 1. The van der Waals surface area contributed by atoms with Gasteiger partial charge in [-0.25, -0.2) is 0 Å². The number of carbonyl (C=O) groups is 2. The first-order chi connectivity index (χ1) is 13.5. The molecule has 4 heteroatoms. The van der Waals surface area contributed by atoms with Crippen LogP contribution in [-0.2, 0) is 17.8 Å². The largest absolute Gasteiger partial charge is 0.489 e. The van der Waals surface area contributed by atoms with Crippen molar-refractivity contribution in [3.63, 3.8) is 0 Å². The highest BCUT2D eigenvalue weighted by Gasteiger charge is 2.33. The molecule has 2 aromatic carbocycles. The second-order valence-electron chi connectivity index (χ2n) is 7.27. The normalized spacial score (nSPS) is 15.9. The summed E-state index contributed by atoms with van der Waals surface area (Å²) in [6.45, 7) is 3.98. The average molecular weight is 374 g/mol. The first-order valence-electron chi connectivity index (χ1n) is 9.48. The minimum Gasteiger partial charge on any atom is -0.489 e. The fraction of sp³-hybridized carbons (Fsp3) is 0.250. The molecule has 1 unspecified atom stereocenters. The molecule has 1 aliphatic carbocycles. The molecular formula is C24H22O4. The zero-order chi connectivity index (χ0) is 19.7. The van der Waals surface area contributed by atoms with E-state index < -0.39 is 5.92 Å². The van der Waals surface area contributed by atoms with Crippen LogP contribution < -0.4 is 4.74 Å². The topological polar surface area (TPSA) is 56.5 Å². The molecule has 0 saturated heterocycles. The Hall–Kier alpha value is -3.14. The fourth-order valence-corrected chi connectivity index (χ4v) is 3.65. The molecule has 1 aromatic heterocycles. The van der Waals surface area contributed by atoms with Crippen molar-refractivity contribution < 1.29 is 18.7 Å². The van der Waals surface area contributed by atoms with Crippen LogP contribution in [0.2, 0.25) is 0 Å². The van der Waals surface area contributed by atoms with Gasteiger partial charge in [-0.05, 0) is 55.7 Å². The van der Waals surface area contributed by atoms with Crippen molar-refractivity contribution in [2.45, 2.75) is 33.3 Å². The smallest absolute Gasteiger partial charge is 0.176 e. The molecule has 0 radical (unpaired) electrons. The second kappa shape index (κ2) is 7.47. The molecule has 3 aromatic rings. The molecule has 0 N–H and O–H groups in total. The zero-order valence-electron chi connectivity index (χ0n) is 16.0. The van der Waals surface area contributed by atoms with E-state index in [1.807, 2.05) is 55.5 Å². The summed E-state index contributed by atoms with van der Waals surface area (Å²) in [5.74, 6) is 1.42. The lowest BCUT2D eigenvalue weighted by Crippen LogP contribution is -2.26. The van der Waals surface area contributed by atoms with E-state index in [9.17, 15) is 9.59 Å². The molecule has 1 atom stereocenters. The van der Waals surface area contributed by atoms with Crippen LogP contribution in [0.1, 0.15) is 40.6 Å². The standard InChI is InChI=1S/C24H22O4/c1-15-12-18(8-10-21(15)27-14-17-6-4-3-5-7-17)23-13-20-22(28-23)11-9-19(16(2)25)24(20)26/h3-8,10,12-13,19H,9,11,14H2,1-2H3. The SMILES string of the molecule is CC(=O)C1CCc2oc(-c3ccc(OCc4ccccc4)c(C)c3)cc2C1=O. The van der Waals surface area contributed by atoms with E-state index in [1.165, 1.54) is 6.92 Å². The van der Waals surface area contributed by atoms with Gasteiger partial charge in [0.2, 0.25) is 0 Å². The average Bonchev–Trinajstić information content (AvgIpc) is 3.13. The molecule has 142 valence electrons. The van der Waals surface area contributed by atoms with Crippen LogP contribution in [0.4, 0.5) is 0 Å². The lowest BCUT2D eigenvalue weighted by atomic mass is 9.84. The Kier molecular flexibility index (Phi) is 4.86. The summed E-state index contributed by atoms with van der Waals surface area (Å²) in [4.78, 5) is 24.2. The van der Waals surface area contributed by atoms with Crippen molar-refractivity contribution in [2.75, 3.05) is 0 Å². The monoisotopic (exact) mass is 374 g/mol. The van der Waals surface area contributed by atoms with Gasteiger partial charge in [0, 0.05) is 12.0 Å². The molecule has 1 aliphatic rings. The maximum atomic E-state index is 12.5. The minimum atomic E-state index is -0.534. The minimum absolute atomic E-state index is 0.0748. The number of furan rings is 1. The van der Waals surface area contributed by atoms with Crippen LogP contribution >= 0.6 is 0 Å². The van der Waals surface area contributed by atoms with E-state index >= 15 is 0 Å². The lowest BCUT2D eigenvalue weighted by molar-refractivity contribution is -0.119. The van der Waals surface area contributed by atoms with Gasteiger partial charge < -0.3 is 9.15 Å². The highest BCUT2D eigenvalue weighted by molar-refractivity contribution is 6.11. The Morgan fingerprint density at radius 2 is 1.93 bits per heavy atom. The van der Waals surface area contributed by atoms with Crippen molar-refractivity contribution >= 4 is 11.6 Å². The Bertz CT molecular complexity index is 1030. The van der Waals surface area contributed by atoms with Crippen molar-refractivity contribution in [1.29, 1.82) is 0 Å². The van der Waals surface area contributed by atoms with Gasteiger partial charge in [-0.3, -0.25) is 9.59 Å². The van der Waals surface area contributed by atoms with E-state index in [0.717, 1.165) is 22.4 Å². The third-order valence-electron chi connectivity index (χ3n) is 5.24. The summed E-state index contributed by atoms with van der Waals surface area (Å²) in [6.07, 6.45) is 1.14. The molecule has 28 heavy (non-hydrogen) atoms. The predicted octanol–water partition coefficient (Wildman–Crippen LogP) is 5.17. The molecule has 4 nitrogen and oxygen atoms in total. The van der Waals surface area contributed by atoms with Crippen LogP contribution in [0.25, 0.3) is 11.3 Å².